The van der Waals surface area contributed by atoms with E-state index in [2.05, 4.69) is 5.32 Å². The maximum atomic E-state index is 13.1. The van der Waals surface area contributed by atoms with Crippen molar-refractivity contribution < 1.29 is 18.0 Å². The van der Waals surface area contributed by atoms with Crippen LogP contribution in [0.5, 0.6) is 0 Å². The number of hydrogen-bond acceptors (Lipinski definition) is 2. The maximum Gasteiger partial charge on any atom is 0.416 e. The van der Waals surface area contributed by atoms with Crippen LogP contribution in [0.3, 0.4) is 0 Å². The smallest absolute Gasteiger partial charge is 0.334 e. The van der Waals surface area contributed by atoms with Crippen molar-refractivity contribution in [2.45, 2.75) is 50.5 Å². The van der Waals surface area contributed by atoms with Crippen LogP contribution in [0.1, 0.15) is 36.8 Å². The number of fused-ring (bicyclic) bond motifs is 1. The first kappa shape index (κ1) is 15.3. The van der Waals surface area contributed by atoms with E-state index in [1.807, 2.05) is 0 Å². The summed E-state index contributed by atoms with van der Waals surface area (Å²) in [5.41, 5.74) is -0.467. The summed E-state index contributed by atoms with van der Waals surface area (Å²) >= 11 is 0. The van der Waals surface area contributed by atoms with Gasteiger partial charge in [-0.15, -0.1) is 0 Å². The zero-order chi connectivity index (χ0) is 15.7. The fourth-order valence-corrected chi connectivity index (χ4v) is 3.55. The minimum absolute atomic E-state index is 0.0105. The first-order valence-electron chi connectivity index (χ1n) is 7.65. The maximum absolute atomic E-state index is 13.1. The molecule has 2 atom stereocenters. The standard InChI is InChI=1S/C16H19F3N2O/c17-16(18,19)12-5-2-1-4-11(12)10-21-14-8-9-20-13(14)6-3-7-15(21)22/h1-2,4-5,13-14,20H,3,6-10H2/t13-,14+/m0/s1. The molecule has 3 nitrogen and oxygen atoms in total. The van der Waals surface area contributed by atoms with Crippen LogP contribution in [0.25, 0.3) is 0 Å². The Labute approximate surface area is 127 Å². The number of carbonyl (C=O) groups is 1. The lowest BCUT2D eigenvalue weighted by molar-refractivity contribution is -0.140. The molecule has 120 valence electrons. The summed E-state index contributed by atoms with van der Waals surface area (Å²) in [6.07, 6.45) is -1.45. The Balaban J connectivity index is 1.89. The van der Waals surface area contributed by atoms with Crippen LogP contribution in [-0.2, 0) is 17.5 Å². The van der Waals surface area contributed by atoms with Crippen LogP contribution in [0.15, 0.2) is 24.3 Å². The van der Waals surface area contributed by atoms with Gasteiger partial charge in [-0.1, -0.05) is 18.2 Å². The van der Waals surface area contributed by atoms with E-state index in [0.717, 1.165) is 31.9 Å². The highest BCUT2D eigenvalue weighted by Gasteiger charge is 2.38. The molecule has 0 aromatic heterocycles. The fraction of sp³-hybridized carbons (Fsp3) is 0.562. The van der Waals surface area contributed by atoms with Gasteiger partial charge in [-0.25, -0.2) is 0 Å². The summed E-state index contributed by atoms with van der Waals surface area (Å²) in [5, 5.41) is 3.36. The number of benzene rings is 1. The average molecular weight is 312 g/mol. The van der Waals surface area contributed by atoms with Crippen LogP contribution >= 0.6 is 0 Å². The van der Waals surface area contributed by atoms with Crippen molar-refractivity contribution in [3.8, 4) is 0 Å². The molecule has 1 N–H and O–H groups in total. The zero-order valence-electron chi connectivity index (χ0n) is 12.2. The molecule has 22 heavy (non-hydrogen) atoms. The molecule has 1 aromatic rings. The minimum Gasteiger partial charge on any atom is -0.334 e. The van der Waals surface area contributed by atoms with Gasteiger partial charge in [0.25, 0.3) is 0 Å². The molecule has 2 fully saturated rings. The summed E-state index contributed by atoms with van der Waals surface area (Å²) in [5.74, 6) is -0.0341. The number of likely N-dealkylation sites (tertiary alicyclic amines) is 1. The molecule has 1 aromatic carbocycles. The Bertz CT molecular complexity index is 559. The van der Waals surface area contributed by atoms with E-state index >= 15 is 0 Å². The van der Waals surface area contributed by atoms with Crippen LogP contribution < -0.4 is 5.32 Å². The monoisotopic (exact) mass is 312 g/mol. The van der Waals surface area contributed by atoms with Crippen LogP contribution in [-0.4, -0.2) is 29.4 Å². The molecule has 0 aliphatic carbocycles. The summed E-state index contributed by atoms with van der Waals surface area (Å²) in [6, 6.07) is 5.76. The molecule has 0 unspecified atom stereocenters. The second kappa shape index (κ2) is 5.91. The number of carbonyl (C=O) groups excluding carboxylic acids is 1. The Morgan fingerprint density at radius 3 is 2.77 bits per heavy atom. The van der Waals surface area contributed by atoms with E-state index in [9.17, 15) is 18.0 Å². The number of hydrogen-bond donors (Lipinski definition) is 1. The third-order valence-corrected chi connectivity index (χ3v) is 4.60. The molecule has 0 spiro atoms. The van der Waals surface area contributed by atoms with E-state index < -0.39 is 11.7 Å². The number of nitrogens with one attached hydrogen (secondary N) is 1. The van der Waals surface area contributed by atoms with Gasteiger partial charge in [0.2, 0.25) is 5.91 Å². The SMILES string of the molecule is O=C1CCC[C@@H]2NCC[C@H]2N1Cc1ccccc1C(F)(F)F. The van der Waals surface area contributed by atoms with Gasteiger partial charge in [0.1, 0.15) is 0 Å². The van der Waals surface area contributed by atoms with Crippen LogP contribution in [0.4, 0.5) is 13.2 Å². The Morgan fingerprint density at radius 1 is 1.23 bits per heavy atom. The molecule has 0 radical (unpaired) electrons. The summed E-state index contributed by atoms with van der Waals surface area (Å²) in [7, 11) is 0. The third kappa shape index (κ3) is 2.97. The number of amides is 1. The molecular weight excluding hydrogens is 293 g/mol. The van der Waals surface area contributed by atoms with E-state index in [4.69, 9.17) is 0 Å². The molecule has 0 saturated carbocycles. The van der Waals surface area contributed by atoms with Crippen molar-refractivity contribution in [2.24, 2.45) is 0 Å². The summed E-state index contributed by atoms with van der Waals surface area (Å²) in [4.78, 5) is 14.0. The number of alkyl halides is 3. The second-order valence-corrected chi connectivity index (χ2v) is 5.99. The number of halogens is 3. The Kier molecular flexibility index (Phi) is 4.12. The quantitative estimate of drug-likeness (QED) is 0.910. The normalized spacial score (nSPS) is 26.0. The molecule has 6 heteroatoms. The Hall–Kier alpha value is -1.56. The molecule has 2 saturated heterocycles. The highest BCUT2D eigenvalue weighted by atomic mass is 19.4. The van der Waals surface area contributed by atoms with Crippen molar-refractivity contribution >= 4 is 5.91 Å². The van der Waals surface area contributed by atoms with Gasteiger partial charge >= 0.3 is 6.18 Å². The lowest BCUT2D eigenvalue weighted by atomic mass is 10.0. The van der Waals surface area contributed by atoms with E-state index in [1.54, 1.807) is 11.0 Å². The highest BCUT2D eigenvalue weighted by molar-refractivity contribution is 5.77. The van der Waals surface area contributed by atoms with Gasteiger partial charge in [0, 0.05) is 25.0 Å². The fourth-order valence-electron chi connectivity index (χ4n) is 3.55. The van der Waals surface area contributed by atoms with E-state index in [0.29, 0.717) is 6.42 Å². The molecule has 2 aliphatic heterocycles. The van der Waals surface area contributed by atoms with Crippen molar-refractivity contribution in [1.29, 1.82) is 0 Å². The largest absolute Gasteiger partial charge is 0.416 e. The second-order valence-electron chi connectivity index (χ2n) is 5.99. The summed E-state index contributed by atoms with van der Waals surface area (Å²) in [6.45, 7) is 0.859. The van der Waals surface area contributed by atoms with Gasteiger partial charge in [0.05, 0.1) is 5.56 Å². The van der Waals surface area contributed by atoms with Gasteiger partial charge in [-0.05, 0) is 37.4 Å². The minimum atomic E-state index is -4.39. The van der Waals surface area contributed by atoms with Gasteiger partial charge in [0.15, 0.2) is 0 Å². The lowest BCUT2D eigenvalue weighted by Crippen LogP contribution is -2.44. The third-order valence-electron chi connectivity index (χ3n) is 4.60. The van der Waals surface area contributed by atoms with Crippen molar-refractivity contribution in [3.05, 3.63) is 35.4 Å². The predicted octanol–water partition coefficient (Wildman–Crippen LogP) is 2.95. The molecule has 2 heterocycles. The average Bonchev–Trinajstić information content (AvgIpc) is 2.87. The highest BCUT2D eigenvalue weighted by Crippen LogP contribution is 2.34. The lowest BCUT2D eigenvalue weighted by Gasteiger charge is -2.31. The topological polar surface area (TPSA) is 32.3 Å². The van der Waals surface area contributed by atoms with Crippen LogP contribution in [0.2, 0.25) is 0 Å². The predicted molar refractivity (Wildman–Crippen MR) is 76.0 cm³/mol. The first-order chi connectivity index (χ1) is 10.5. The van der Waals surface area contributed by atoms with E-state index in [-0.39, 0.29) is 30.1 Å². The molecular formula is C16H19F3N2O. The number of nitrogens with zero attached hydrogens (tertiary/aromatic N) is 1. The summed E-state index contributed by atoms with van der Waals surface area (Å²) < 4.78 is 39.4. The molecule has 1 amide bonds. The Morgan fingerprint density at radius 2 is 2.00 bits per heavy atom. The van der Waals surface area contributed by atoms with Crippen molar-refractivity contribution in [2.75, 3.05) is 6.54 Å². The first-order valence-corrected chi connectivity index (χ1v) is 7.65. The van der Waals surface area contributed by atoms with Gasteiger partial charge in [-0.2, -0.15) is 13.2 Å². The molecule has 3 rings (SSSR count). The van der Waals surface area contributed by atoms with Gasteiger partial charge < -0.3 is 10.2 Å². The molecule has 2 aliphatic rings. The van der Waals surface area contributed by atoms with E-state index in [1.165, 1.54) is 12.1 Å². The number of rotatable bonds is 2. The van der Waals surface area contributed by atoms with Crippen molar-refractivity contribution in [1.82, 2.24) is 10.2 Å². The molecule has 0 bridgehead atoms. The van der Waals surface area contributed by atoms with Crippen LogP contribution in [0, 0.1) is 0 Å². The zero-order valence-corrected chi connectivity index (χ0v) is 12.2. The van der Waals surface area contributed by atoms with Crippen molar-refractivity contribution in [3.63, 3.8) is 0 Å². The van der Waals surface area contributed by atoms with Gasteiger partial charge in [-0.3, -0.25) is 4.79 Å².